The minimum absolute atomic E-state index is 0.122. The molecule has 8 heteroatoms. The summed E-state index contributed by atoms with van der Waals surface area (Å²) in [7, 11) is -0.614. The Balaban J connectivity index is 1.63. The van der Waals surface area contributed by atoms with E-state index in [-0.39, 0.29) is 23.3 Å². The Bertz CT molecular complexity index is 1160. The van der Waals surface area contributed by atoms with Gasteiger partial charge in [0.25, 0.3) is 10.0 Å². The Morgan fingerprint density at radius 2 is 1.59 bits per heavy atom. The van der Waals surface area contributed by atoms with Crippen LogP contribution in [0.4, 0.5) is 5.69 Å². The fraction of sp³-hybridized carbons (Fsp3) is 0.208. The fourth-order valence-electron chi connectivity index (χ4n) is 3.18. The average Bonchev–Trinajstić information content (AvgIpc) is 2.79. The number of ether oxygens (including phenoxy) is 1. The molecule has 1 atom stereocenters. The molecule has 0 spiro atoms. The molecule has 32 heavy (non-hydrogen) atoms. The van der Waals surface area contributed by atoms with E-state index in [0.717, 1.165) is 16.9 Å². The summed E-state index contributed by atoms with van der Waals surface area (Å²) >= 11 is 5.85. The molecule has 1 amide bonds. The quantitative estimate of drug-likeness (QED) is 0.520. The van der Waals surface area contributed by atoms with Crippen molar-refractivity contribution in [1.29, 1.82) is 0 Å². The standard InChI is InChI=1S/C24H25ClN2O4S/c1-17(19-6-12-22(31-3)13-7-19)26-24(28)16-18-4-10-21(11-5-18)27(2)32(29,30)23-14-8-20(25)9-15-23/h4-15,17H,16H2,1-3H3,(H,26,28)/t17-/m1/s1. The van der Waals surface area contributed by atoms with Gasteiger partial charge < -0.3 is 10.1 Å². The van der Waals surface area contributed by atoms with Crippen molar-refractivity contribution in [2.45, 2.75) is 24.3 Å². The summed E-state index contributed by atoms with van der Waals surface area (Å²) in [6.45, 7) is 1.92. The molecule has 3 rings (SSSR count). The number of nitrogens with zero attached hydrogens (tertiary/aromatic N) is 1. The number of hydrogen-bond donors (Lipinski definition) is 1. The largest absolute Gasteiger partial charge is 0.497 e. The molecule has 0 aromatic heterocycles. The van der Waals surface area contributed by atoms with Gasteiger partial charge in [0.2, 0.25) is 5.91 Å². The van der Waals surface area contributed by atoms with Gasteiger partial charge in [0.1, 0.15) is 5.75 Å². The van der Waals surface area contributed by atoms with Gasteiger partial charge >= 0.3 is 0 Å². The molecule has 0 saturated heterocycles. The predicted octanol–water partition coefficient (Wildman–Crippen LogP) is 4.59. The van der Waals surface area contributed by atoms with Crippen LogP contribution in [0.25, 0.3) is 0 Å². The Morgan fingerprint density at radius 3 is 2.16 bits per heavy atom. The number of halogens is 1. The highest BCUT2D eigenvalue weighted by atomic mass is 35.5. The summed E-state index contributed by atoms with van der Waals surface area (Å²) in [5, 5.41) is 3.44. The maximum Gasteiger partial charge on any atom is 0.264 e. The predicted molar refractivity (Wildman–Crippen MR) is 127 cm³/mol. The molecule has 6 nitrogen and oxygen atoms in total. The fourth-order valence-corrected chi connectivity index (χ4v) is 4.50. The lowest BCUT2D eigenvalue weighted by Crippen LogP contribution is -2.28. The number of carbonyl (C=O) groups excluding carboxylic acids is 1. The SMILES string of the molecule is COc1ccc([C@@H](C)NC(=O)Cc2ccc(N(C)S(=O)(=O)c3ccc(Cl)cc3)cc2)cc1. The number of methoxy groups -OCH3 is 1. The molecule has 3 aromatic carbocycles. The highest BCUT2D eigenvalue weighted by Crippen LogP contribution is 2.24. The number of benzene rings is 3. The zero-order chi connectivity index (χ0) is 23.3. The van der Waals surface area contributed by atoms with Gasteiger partial charge in [-0.2, -0.15) is 0 Å². The number of nitrogens with one attached hydrogen (secondary N) is 1. The molecule has 168 valence electrons. The smallest absolute Gasteiger partial charge is 0.264 e. The van der Waals surface area contributed by atoms with Gasteiger partial charge in [0, 0.05) is 12.1 Å². The number of rotatable bonds is 8. The second-order valence-corrected chi connectivity index (χ2v) is 9.74. The average molecular weight is 473 g/mol. The lowest BCUT2D eigenvalue weighted by atomic mass is 10.1. The summed E-state index contributed by atoms with van der Waals surface area (Å²) in [5.74, 6) is 0.638. The van der Waals surface area contributed by atoms with E-state index in [1.807, 2.05) is 31.2 Å². The zero-order valence-corrected chi connectivity index (χ0v) is 19.7. The first-order valence-corrected chi connectivity index (χ1v) is 11.8. The molecular formula is C24H25ClN2O4S. The van der Waals surface area contributed by atoms with Gasteiger partial charge in [-0.1, -0.05) is 35.9 Å². The van der Waals surface area contributed by atoms with Crippen molar-refractivity contribution in [2.75, 3.05) is 18.5 Å². The van der Waals surface area contributed by atoms with E-state index in [2.05, 4.69) is 5.32 Å². The number of hydrogen-bond acceptors (Lipinski definition) is 4. The van der Waals surface area contributed by atoms with E-state index in [1.54, 1.807) is 31.4 Å². The van der Waals surface area contributed by atoms with Crippen LogP contribution < -0.4 is 14.4 Å². The lowest BCUT2D eigenvalue weighted by Gasteiger charge is -2.20. The van der Waals surface area contributed by atoms with E-state index in [4.69, 9.17) is 16.3 Å². The van der Waals surface area contributed by atoms with E-state index >= 15 is 0 Å². The molecule has 3 aromatic rings. The van der Waals surface area contributed by atoms with E-state index < -0.39 is 10.0 Å². The van der Waals surface area contributed by atoms with Crippen LogP contribution in [-0.2, 0) is 21.2 Å². The van der Waals surface area contributed by atoms with Crippen molar-refractivity contribution < 1.29 is 17.9 Å². The van der Waals surface area contributed by atoms with Crippen molar-refractivity contribution in [3.63, 3.8) is 0 Å². The van der Waals surface area contributed by atoms with Crippen molar-refractivity contribution in [1.82, 2.24) is 5.32 Å². The highest BCUT2D eigenvalue weighted by Gasteiger charge is 2.21. The number of carbonyl (C=O) groups is 1. The van der Waals surface area contributed by atoms with E-state index in [0.29, 0.717) is 10.7 Å². The third-order valence-electron chi connectivity index (χ3n) is 5.13. The second-order valence-electron chi connectivity index (χ2n) is 7.33. The summed E-state index contributed by atoms with van der Waals surface area (Å²) in [5.41, 5.74) is 2.25. The molecule has 0 heterocycles. The van der Waals surface area contributed by atoms with Crippen LogP contribution in [0.15, 0.2) is 77.7 Å². The zero-order valence-electron chi connectivity index (χ0n) is 18.1. The van der Waals surface area contributed by atoms with Crippen molar-refractivity contribution in [3.05, 3.63) is 88.9 Å². The Labute approximate surface area is 193 Å². The summed E-state index contributed by atoms with van der Waals surface area (Å²) < 4.78 is 32.0. The molecule has 0 aliphatic carbocycles. The molecule has 0 saturated carbocycles. The monoisotopic (exact) mass is 472 g/mol. The van der Waals surface area contributed by atoms with Gasteiger partial charge in [0.05, 0.1) is 30.2 Å². The molecule has 0 fully saturated rings. The third-order valence-corrected chi connectivity index (χ3v) is 7.18. The van der Waals surface area contributed by atoms with Crippen molar-refractivity contribution in [2.24, 2.45) is 0 Å². The molecule has 0 radical (unpaired) electrons. The van der Waals surface area contributed by atoms with Gasteiger partial charge in [-0.15, -0.1) is 0 Å². The second kappa shape index (κ2) is 10.1. The number of anilines is 1. The molecule has 0 aliphatic rings. The number of sulfonamides is 1. The first-order chi connectivity index (χ1) is 15.2. The summed E-state index contributed by atoms with van der Waals surface area (Å²) in [6.07, 6.45) is 0.189. The first-order valence-electron chi connectivity index (χ1n) is 9.97. The minimum atomic E-state index is -3.71. The molecular weight excluding hydrogens is 448 g/mol. The van der Waals surface area contributed by atoms with Crippen LogP contribution in [0.5, 0.6) is 5.75 Å². The van der Waals surface area contributed by atoms with Crippen LogP contribution in [-0.4, -0.2) is 28.5 Å². The van der Waals surface area contributed by atoms with Crippen molar-refractivity contribution in [3.8, 4) is 5.75 Å². The van der Waals surface area contributed by atoms with Gasteiger partial charge in [0.15, 0.2) is 0 Å². The summed E-state index contributed by atoms with van der Waals surface area (Å²) in [6, 6.07) is 20.3. The molecule has 0 unspecified atom stereocenters. The van der Waals surface area contributed by atoms with Gasteiger partial charge in [-0.3, -0.25) is 9.10 Å². The van der Waals surface area contributed by atoms with Crippen LogP contribution in [0, 0.1) is 0 Å². The maximum absolute atomic E-state index is 12.8. The van der Waals surface area contributed by atoms with Crippen LogP contribution in [0.3, 0.4) is 0 Å². The van der Waals surface area contributed by atoms with Gasteiger partial charge in [-0.05, 0) is 66.6 Å². The Morgan fingerprint density at radius 1 is 1.00 bits per heavy atom. The minimum Gasteiger partial charge on any atom is -0.497 e. The van der Waals surface area contributed by atoms with Crippen molar-refractivity contribution >= 4 is 33.2 Å². The first kappa shape index (κ1) is 23.6. The van der Waals surface area contributed by atoms with Gasteiger partial charge in [-0.25, -0.2) is 8.42 Å². The Kier molecular flexibility index (Phi) is 7.43. The molecule has 0 aliphatic heterocycles. The third kappa shape index (κ3) is 5.60. The normalized spacial score (nSPS) is 12.1. The topological polar surface area (TPSA) is 75.7 Å². The number of amides is 1. The van der Waals surface area contributed by atoms with Crippen LogP contribution in [0.2, 0.25) is 5.02 Å². The molecule has 0 bridgehead atoms. The summed E-state index contributed by atoms with van der Waals surface area (Å²) in [4.78, 5) is 12.6. The van der Waals surface area contributed by atoms with E-state index in [9.17, 15) is 13.2 Å². The van der Waals surface area contributed by atoms with E-state index in [1.165, 1.54) is 35.6 Å². The lowest BCUT2D eigenvalue weighted by molar-refractivity contribution is -0.121. The Hall–Kier alpha value is -3.03. The highest BCUT2D eigenvalue weighted by molar-refractivity contribution is 7.92. The van der Waals surface area contributed by atoms with Crippen LogP contribution in [0.1, 0.15) is 24.1 Å². The van der Waals surface area contributed by atoms with Crippen LogP contribution >= 0.6 is 11.6 Å². The molecule has 1 N–H and O–H groups in total. The maximum atomic E-state index is 12.8.